The van der Waals surface area contributed by atoms with Gasteiger partial charge < -0.3 is 4.57 Å². The summed E-state index contributed by atoms with van der Waals surface area (Å²) in [7, 11) is 0. The lowest BCUT2D eigenvalue weighted by atomic mass is 10.1. The van der Waals surface area contributed by atoms with Gasteiger partial charge in [-0.3, -0.25) is 0 Å². The van der Waals surface area contributed by atoms with Crippen molar-refractivity contribution >= 4 is 48.5 Å². The van der Waals surface area contributed by atoms with Crippen LogP contribution in [0.2, 0.25) is 0 Å². The molecule has 1 nitrogen and oxygen atoms in total. The second kappa shape index (κ2) is 5.22. The Morgan fingerprint density at radius 2 is 1.25 bits per heavy atom. The van der Waals surface area contributed by atoms with Gasteiger partial charge in [-0.05, 0) is 53.2 Å². The molecule has 0 aliphatic rings. The number of hydrogen-bond acceptors (Lipinski definition) is 0. The van der Waals surface area contributed by atoms with Gasteiger partial charge in [-0.25, -0.2) is 0 Å². The summed E-state index contributed by atoms with van der Waals surface area (Å²) in [4.78, 5) is 0. The highest BCUT2D eigenvalue weighted by Crippen LogP contribution is 2.35. The van der Waals surface area contributed by atoms with Crippen molar-refractivity contribution in [1.29, 1.82) is 0 Å². The molecule has 1 heterocycles. The zero-order valence-electron chi connectivity index (χ0n) is 12.9. The molecule has 5 aromatic rings. The third-order valence-corrected chi connectivity index (χ3v) is 5.10. The van der Waals surface area contributed by atoms with Crippen LogP contribution in [0.5, 0.6) is 0 Å². The molecule has 2 heteroatoms. The molecule has 0 aliphatic heterocycles. The first kappa shape index (κ1) is 13.8. The highest BCUT2D eigenvalue weighted by Gasteiger charge is 2.13. The Bertz CT molecular complexity index is 1200. The maximum atomic E-state index is 3.62. The van der Waals surface area contributed by atoms with Gasteiger partial charge in [0.1, 0.15) is 0 Å². The fraction of sp³-hybridized carbons (Fsp3) is 0. The minimum Gasteiger partial charge on any atom is -0.309 e. The maximum absolute atomic E-state index is 3.62. The third-order valence-electron chi connectivity index (χ3n) is 4.61. The predicted octanol–water partition coefficient (Wildman–Crippen LogP) is 6.70. The average Bonchev–Trinajstić information content (AvgIpc) is 2.93. The predicted molar refractivity (Wildman–Crippen MR) is 106 cm³/mol. The van der Waals surface area contributed by atoms with E-state index in [1.807, 2.05) is 0 Å². The van der Waals surface area contributed by atoms with Crippen molar-refractivity contribution in [3.63, 3.8) is 0 Å². The molecule has 4 aromatic carbocycles. The first-order chi connectivity index (χ1) is 11.8. The van der Waals surface area contributed by atoms with Crippen LogP contribution in [0.4, 0.5) is 0 Å². The number of halogens is 1. The number of rotatable bonds is 1. The lowest BCUT2D eigenvalue weighted by Gasteiger charge is -2.08. The van der Waals surface area contributed by atoms with Gasteiger partial charge in [-0.15, -0.1) is 0 Å². The molecule has 0 unspecified atom stereocenters. The fourth-order valence-electron chi connectivity index (χ4n) is 3.53. The maximum Gasteiger partial charge on any atom is 0.0547 e. The zero-order chi connectivity index (χ0) is 16.1. The van der Waals surface area contributed by atoms with E-state index in [1.54, 1.807) is 0 Å². The van der Waals surface area contributed by atoms with Crippen molar-refractivity contribution < 1.29 is 0 Å². The molecule has 0 atom stereocenters. The van der Waals surface area contributed by atoms with Gasteiger partial charge in [0.05, 0.1) is 11.0 Å². The van der Waals surface area contributed by atoms with E-state index >= 15 is 0 Å². The van der Waals surface area contributed by atoms with Crippen LogP contribution in [0, 0.1) is 0 Å². The molecule has 0 aliphatic carbocycles. The highest BCUT2D eigenvalue weighted by atomic mass is 79.9. The molecule has 0 saturated heterocycles. The Hall–Kier alpha value is -2.58. The van der Waals surface area contributed by atoms with E-state index in [2.05, 4.69) is 105 Å². The lowest BCUT2D eigenvalue weighted by molar-refractivity contribution is 1.18. The molecule has 0 saturated carbocycles. The Balaban J connectivity index is 2.03. The summed E-state index contributed by atoms with van der Waals surface area (Å²) < 4.78 is 3.46. The largest absolute Gasteiger partial charge is 0.309 e. The summed E-state index contributed by atoms with van der Waals surface area (Å²) in [6.07, 6.45) is 0. The van der Waals surface area contributed by atoms with Gasteiger partial charge in [-0.1, -0.05) is 58.4 Å². The van der Waals surface area contributed by atoms with Gasteiger partial charge in [0, 0.05) is 20.9 Å². The normalized spacial score (nSPS) is 11.5. The smallest absolute Gasteiger partial charge is 0.0547 e. The number of benzene rings is 4. The summed E-state index contributed by atoms with van der Waals surface area (Å²) in [5, 5.41) is 5.10. The van der Waals surface area contributed by atoms with Crippen LogP contribution in [-0.4, -0.2) is 4.57 Å². The minimum absolute atomic E-state index is 1.11. The van der Waals surface area contributed by atoms with Crippen molar-refractivity contribution in [1.82, 2.24) is 4.57 Å². The summed E-state index contributed by atoms with van der Waals surface area (Å²) >= 11 is 3.62. The van der Waals surface area contributed by atoms with Crippen LogP contribution in [0.25, 0.3) is 38.3 Å². The molecular weight excluding hydrogens is 358 g/mol. The van der Waals surface area contributed by atoms with E-state index in [1.165, 1.54) is 38.3 Å². The van der Waals surface area contributed by atoms with E-state index < -0.39 is 0 Å². The standard InChI is InChI=1S/C22H14BrN/c23-17-10-11-21-20(14-17)19-12-15-6-4-5-7-16(15)13-22(19)24(21)18-8-2-1-3-9-18/h1-14H. The molecule has 1 aromatic heterocycles. The first-order valence-electron chi connectivity index (χ1n) is 7.99. The van der Waals surface area contributed by atoms with Crippen molar-refractivity contribution in [3.05, 3.63) is 89.4 Å². The lowest BCUT2D eigenvalue weighted by Crippen LogP contribution is -1.92. The van der Waals surface area contributed by atoms with Crippen molar-refractivity contribution in [3.8, 4) is 5.69 Å². The second-order valence-electron chi connectivity index (χ2n) is 6.05. The van der Waals surface area contributed by atoms with E-state index in [-0.39, 0.29) is 0 Å². The van der Waals surface area contributed by atoms with Gasteiger partial charge >= 0.3 is 0 Å². The van der Waals surface area contributed by atoms with Crippen LogP contribution >= 0.6 is 15.9 Å². The molecule has 0 spiro atoms. The van der Waals surface area contributed by atoms with Crippen molar-refractivity contribution in [2.75, 3.05) is 0 Å². The summed E-state index contributed by atoms with van der Waals surface area (Å²) in [6.45, 7) is 0. The van der Waals surface area contributed by atoms with E-state index in [0.29, 0.717) is 0 Å². The Kier molecular flexibility index (Phi) is 3.00. The number of para-hydroxylation sites is 1. The number of aromatic nitrogens is 1. The van der Waals surface area contributed by atoms with Gasteiger partial charge in [-0.2, -0.15) is 0 Å². The molecule has 24 heavy (non-hydrogen) atoms. The fourth-order valence-corrected chi connectivity index (χ4v) is 3.89. The van der Waals surface area contributed by atoms with Gasteiger partial charge in [0.2, 0.25) is 0 Å². The van der Waals surface area contributed by atoms with Crippen LogP contribution in [0.1, 0.15) is 0 Å². The Morgan fingerprint density at radius 1 is 0.583 bits per heavy atom. The van der Waals surface area contributed by atoms with Crippen molar-refractivity contribution in [2.24, 2.45) is 0 Å². The van der Waals surface area contributed by atoms with Gasteiger partial charge in [0.15, 0.2) is 0 Å². The topological polar surface area (TPSA) is 4.93 Å². The quantitative estimate of drug-likeness (QED) is 0.309. The van der Waals surface area contributed by atoms with E-state index in [0.717, 1.165) is 4.47 Å². The minimum atomic E-state index is 1.11. The summed E-state index contributed by atoms with van der Waals surface area (Å²) in [6, 6.07) is 30.2. The molecule has 114 valence electrons. The van der Waals surface area contributed by atoms with Gasteiger partial charge in [0.25, 0.3) is 0 Å². The average molecular weight is 372 g/mol. The molecule has 0 fully saturated rings. The van der Waals surface area contributed by atoms with E-state index in [9.17, 15) is 0 Å². The molecule has 0 N–H and O–H groups in total. The molecule has 0 amide bonds. The zero-order valence-corrected chi connectivity index (χ0v) is 14.5. The monoisotopic (exact) mass is 371 g/mol. The molecule has 5 rings (SSSR count). The number of fused-ring (bicyclic) bond motifs is 4. The molecule has 0 bridgehead atoms. The first-order valence-corrected chi connectivity index (χ1v) is 8.78. The van der Waals surface area contributed by atoms with Crippen LogP contribution in [0.3, 0.4) is 0 Å². The number of hydrogen-bond donors (Lipinski definition) is 0. The number of nitrogens with zero attached hydrogens (tertiary/aromatic N) is 1. The van der Waals surface area contributed by atoms with E-state index in [4.69, 9.17) is 0 Å². The summed E-state index contributed by atoms with van der Waals surface area (Å²) in [5.41, 5.74) is 3.66. The van der Waals surface area contributed by atoms with Crippen LogP contribution < -0.4 is 0 Å². The molecular formula is C22H14BrN. The highest BCUT2D eigenvalue weighted by molar-refractivity contribution is 9.10. The summed E-state index contributed by atoms with van der Waals surface area (Å²) in [5.74, 6) is 0. The van der Waals surface area contributed by atoms with Crippen LogP contribution in [0.15, 0.2) is 89.4 Å². The Labute approximate surface area is 148 Å². The third kappa shape index (κ3) is 2.00. The Morgan fingerprint density at radius 3 is 2.04 bits per heavy atom. The van der Waals surface area contributed by atoms with Crippen molar-refractivity contribution in [2.45, 2.75) is 0 Å². The van der Waals surface area contributed by atoms with Crippen LogP contribution in [-0.2, 0) is 0 Å². The molecule has 0 radical (unpaired) electrons. The SMILES string of the molecule is Brc1ccc2c(c1)c1cc3ccccc3cc1n2-c1ccccc1. The second-order valence-corrected chi connectivity index (χ2v) is 6.96.